The monoisotopic (exact) mass is 341 g/mol. The third-order valence-electron chi connectivity index (χ3n) is 2.49. The maximum atomic E-state index is 11.7. The number of amides is 1. The van der Waals surface area contributed by atoms with Gasteiger partial charge in [-0.05, 0) is 40.9 Å². The molecule has 1 aromatic rings. The number of hydrogen-bond acceptors (Lipinski definition) is 3. The number of para-hydroxylation sites is 1. The first-order valence-electron chi connectivity index (χ1n) is 6.05. The maximum absolute atomic E-state index is 11.7. The Labute approximate surface area is 125 Å². The minimum Gasteiger partial charge on any atom is -0.483 e. The highest BCUT2D eigenvalue weighted by molar-refractivity contribution is 9.10. The number of hydrogen-bond donors (Lipinski definition) is 2. The quantitative estimate of drug-likeness (QED) is 0.711. The van der Waals surface area contributed by atoms with Crippen LogP contribution in [0.5, 0.6) is 5.75 Å². The molecule has 2 N–H and O–H groups in total. The fourth-order valence-corrected chi connectivity index (χ4v) is 1.88. The molecule has 0 aromatic heterocycles. The number of halogens is 1. The van der Waals surface area contributed by atoms with Gasteiger partial charge in [0.15, 0.2) is 6.61 Å². The van der Waals surface area contributed by atoms with E-state index in [0.717, 1.165) is 4.47 Å². The molecular weight excluding hydrogens is 326 g/mol. The summed E-state index contributed by atoms with van der Waals surface area (Å²) in [5, 5.41) is 11.4. The Hall–Kier alpha value is -1.82. The lowest BCUT2D eigenvalue weighted by Gasteiger charge is -2.14. The molecule has 0 fully saturated rings. The summed E-state index contributed by atoms with van der Waals surface area (Å²) in [6.07, 6.45) is 2.43. The number of nitrogens with one attached hydrogen (secondary N) is 1. The summed E-state index contributed by atoms with van der Waals surface area (Å²) in [4.78, 5) is 22.6. The van der Waals surface area contributed by atoms with E-state index >= 15 is 0 Å². The van der Waals surface area contributed by atoms with Crippen molar-refractivity contribution in [1.29, 1.82) is 0 Å². The Kier molecular flexibility index (Phi) is 6.79. The van der Waals surface area contributed by atoms with Gasteiger partial charge in [-0.15, -0.1) is 6.58 Å². The van der Waals surface area contributed by atoms with Gasteiger partial charge in [0.1, 0.15) is 11.8 Å². The van der Waals surface area contributed by atoms with Crippen LogP contribution in [0, 0.1) is 0 Å². The highest BCUT2D eigenvalue weighted by Gasteiger charge is 2.19. The first-order chi connectivity index (χ1) is 9.54. The second-order valence-corrected chi connectivity index (χ2v) is 4.90. The third kappa shape index (κ3) is 5.44. The van der Waals surface area contributed by atoms with Crippen molar-refractivity contribution < 1.29 is 19.4 Å². The summed E-state index contributed by atoms with van der Waals surface area (Å²) in [5.74, 6) is -1.01. The number of rotatable bonds is 8. The van der Waals surface area contributed by atoms with Gasteiger partial charge in [0.05, 0.1) is 4.47 Å². The lowest BCUT2D eigenvalue weighted by molar-refractivity contribution is -0.142. The molecule has 6 heteroatoms. The summed E-state index contributed by atoms with van der Waals surface area (Å²) in [7, 11) is 0. The summed E-state index contributed by atoms with van der Waals surface area (Å²) in [6.45, 7) is 3.29. The van der Waals surface area contributed by atoms with E-state index in [-0.39, 0.29) is 6.61 Å². The Morgan fingerprint density at radius 3 is 2.75 bits per heavy atom. The zero-order valence-corrected chi connectivity index (χ0v) is 12.4. The standard InChI is InChI=1S/C14H16BrNO4/c1-2-3-7-11(14(18)19)16-13(17)9-20-12-8-5-4-6-10(12)15/h2,4-6,8,11H,1,3,7,9H2,(H,16,17)(H,18,19). The van der Waals surface area contributed by atoms with Gasteiger partial charge in [0, 0.05) is 0 Å². The molecule has 20 heavy (non-hydrogen) atoms. The van der Waals surface area contributed by atoms with Gasteiger partial charge in [0.2, 0.25) is 0 Å². The number of ether oxygens (including phenoxy) is 1. The number of benzene rings is 1. The molecule has 0 aliphatic rings. The molecular formula is C14H16BrNO4. The van der Waals surface area contributed by atoms with Gasteiger partial charge in [-0.3, -0.25) is 4.79 Å². The molecule has 0 bridgehead atoms. The lowest BCUT2D eigenvalue weighted by Crippen LogP contribution is -2.42. The normalized spacial score (nSPS) is 11.4. The Morgan fingerprint density at radius 2 is 2.15 bits per heavy atom. The maximum Gasteiger partial charge on any atom is 0.326 e. The summed E-state index contributed by atoms with van der Waals surface area (Å²) in [6, 6.07) is 6.18. The average molecular weight is 342 g/mol. The predicted octanol–water partition coefficient (Wildman–Crippen LogP) is 2.36. The molecule has 0 saturated heterocycles. The van der Waals surface area contributed by atoms with Crippen LogP contribution >= 0.6 is 15.9 Å². The number of carbonyl (C=O) groups excluding carboxylic acids is 1. The second-order valence-electron chi connectivity index (χ2n) is 4.04. The molecule has 0 spiro atoms. The van der Waals surface area contributed by atoms with Gasteiger partial charge in [-0.1, -0.05) is 18.2 Å². The second kappa shape index (κ2) is 8.37. The molecule has 0 radical (unpaired) electrons. The van der Waals surface area contributed by atoms with E-state index in [1.54, 1.807) is 24.3 Å². The van der Waals surface area contributed by atoms with Crippen molar-refractivity contribution >= 4 is 27.8 Å². The van der Waals surface area contributed by atoms with E-state index in [9.17, 15) is 9.59 Å². The molecule has 1 unspecified atom stereocenters. The van der Waals surface area contributed by atoms with Crippen LogP contribution in [0.1, 0.15) is 12.8 Å². The van der Waals surface area contributed by atoms with Crippen LogP contribution < -0.4 is 10.1 Å². The van der Waals surface area contributed by atoms with Crippen molar-refractivity contribution in [3.05, 3.63) is 41.4 Å². The van der Waals surface area contributed by atoms with Crippen molar-refractivity contribution in [3.8, 4) is 5.75 Å². The molecule has 0 heterocycles. The zero-order valence-electron chi connectivity index (χ0n) is 10.8. The van der Waals surface area contributed by atoms with Crippen LogP contribution in [0.2, 0.25) is 0 Å². The predicted molar refractivity (Wildman–Crippen MR) is 78.6 cm³/mol. The number of allylic oxidation sites excluding steroid dienone is 1. The van der Waals surface area contributed by atoms with Gasteiger partial charge < -0.3 is 15.2 Å². The van der Waals surface area contributed by atoms with Crippen molar-refractivity contribution in [2.45, 2.75) is 18.9 Å². The van der Waals surface area contributed by atoms with E-state index in [0.29, 0.717) is 18.6 Å². The van der Waals surface area contributed by atoms with E-state index in [4.69, 9.17) is 9.84 Å². The van der Waals surface area contributed by atoms with Crippen LogP contribution in [-0.4, -0.2) is 29.6 Å². The molecule has 1 aromatic carbocycles. The lowest BCUT2D eigenvalue weighted by atomic mass is 10.1. The first kappa shape index (κ1) is 16.2. The van der Waals surface area contributed by atoms with Crippen LogP contribution in [0.3, 0.4) is 0 Å². The van der Waals surface area contributed by atoms with E-state index in [2.05, 4.69) is 27.8 Å². The zero-order chi connectivity index (χ0) is 15.0. The summed E-state index contributed by atoms with van der Waals surface area (Å²) < 4.78 is 6.04. The van der Waals surface area contributed by atoms with Crippen molar-refractivity contribution in [1.82, 2.24) is 5.32 Å². The van der Waals surface area contributed by atoms with Crippen molar-refractivity contribution in [2.24, 2.45) is 0 Å². The van der Waals surface area contributed by atoms with E-state index in [1.807, 2.05) is 6.07 Å². The Morgan fingerprint density at radius 1 is 1.45 bits per heavy atom. The minimum atomic E-state index is -1.07. The molecule has 0 saturated carbocycles. The van der Waals surface area contributed by atoms with Gasteiger partial charge in [0.25, 0.3) is 5.91 Å². The van der Waals surface area contributed by atoms with Crippen molar-refractivity contribution in [2.75, 3.05) is 6.61 Å². The van der Waals surface area contributed by atoms with Crippen LogP contribution in [0.15, 0.2) is 41.4 Å². The molecule has 5 nitrogen and oxygen atoms in total. The van der Waals surface area contributed by atoms with Crippen LogP contribution in [-0.2, 0) is 9.59 Å². The number of carboxylic acids is 1. The van der Waals surface area contributed by atoms with Gasteiger partial charge >= 0.3 is 5.97 Å². The summed E-state index contributed by atoms with van der Waals surface area (Å²) in [5.41, 5.74) is 0. The number of carbonyl (C=O) groups is 2. The average Bonchev–Trinajstić information content (AvgIpc) is 2.42. The molecule has 108 valence electrons. The van der Waals surface area contributed by atoms with Gasteiger partial charge in [-0.2, -0.15) is 0 Å². The first-order valence-corrected chi connectivity index (χ1v) is 6.84. The SMILES string of the molecule is C=CCCC(NC(=O)COc1ccccc1Br)C(=O)O. The van der Waals surface area contributed by atoms with Crippen LogP contribution in [0.25, 0.3) is 0 Å². The van der Waals surface area contributed by atoms with Gasteiger partial charge in [-0.25, -0.2) is 4.79 Å². The molecule has 1 atom stereocenters. The largest absolute Gasteiger partial charge is 0.483 e. The third-order valence-corrected chi connectivity index (χ3v) is 3.14. The smallest absolute Gasteiger partial charge is 0.326 e. The molecule has 0 aliphatic carbocycles. The topological polar surface area (TPSA) is 75.6 Å². The highest BCUT2D eigenvalue weighted by atomic mass is 79.9. The van der Waals surface area contributed by atoms with E-state index in [1.165, 1.54) is 0 Å². The van der Waals surface area contributed by atoms with Crippen molar-refractivity contribution in [3.63, 3.8) is 0 Å². The fraction of sp³-hybridized carbons (Fsp3) is 0.286. The fourth-order valence-electron chi connectivity index (χ4n) is 1.48. The number of carboxylic acid groups (broad SMARTS) is 1. The summed E-state index contributed by atoms with van der Waals surface area (Å²) >= 11 is 3.29. The Balaban J connectivity index is 2.48. The van der Waals surface area contributed by atoms with E-state index < -0.39 is 17.9 Å². The molecule has 1 rings (SSSR count). The minimum absolute atomic E-state index is 0.236. The Bertz CT molecular complexity index is 490. The number of aliphatic carboxylic acids is 1. The highest BCUT2D eigenvalue weighted by Crippen LogP contribution is 2.23. The molecule has 1 amide bonds. The molecule has 0 aliphatic heterocycles. The van der Waals surface area contributed by atoms with Crippen LogP contribution in [0.4, 0.5) is 0 Å².